The van der Waals surface area contributed by atoms with Gasteiger partial charge < -0.3 is 16.2 Å². The lowest BCUT2D eigenvalue weighted by Gasteiger charge is -2.13. The van der Waals surface area contributed by atoms with E-state index in [2.05, 4.69) is 5.32 Å². The molecule has 0 aliphatic heterocycles. The second-order valence-corrected chi connectivity index (χ2v) is 3.21. The van der Waals surface area contributed by atoms with E-state index in [0.29, 0.717) is 5.69 Å². The first-order valence-corrected chi connectivity index (χ1v) is 4.37. The van der Waals surface area contributed by atoms with Gasteiger partial charge in [0, 0.05) is 13.0 Å². The summed E-state index contributed by atoms with van der Waals surface area (Å²) in [4.78, 5) is 10.9. The van der Waals surface area contributed by atoms with Crippen LogP contribution in [-0.2, 0) is 4.79 Å². The van der Waals surface area contributed by atoms with Gasteiger partial charge in [0.05, 0.1) is 5.69 Å². The molecule has 0 spiro atoms. The molecule has 0 saturated carbocycles. The summed E-state index contributed by atoms with van der Waals surface area (Å²) in [7, 11) is 0. The number of phenolic OH excluding ortho intramolecular Hbond substituents is 1. The summed E-state index contributed by atoms with van der Waals surface area (Å²) < 4.78 is 0. The van der Waals surface area contributed by atoms with Crippen molar-refractivity contribution in [2.24, 2.45) is 5.73 Å². The Balaban J connectivity index is 3.15. The topological polar surface area (TPSA) is 75.3 Å². The Kier molecular flexibility index (Phi) is 3.09. The summed E-state index contributed by atoms with van der Waals surface area (Å²) in [5.74, 6) is -0.191. The van der Waals surface area contributed by atoms with Crippen molar-refractivity contribution >= 4 is 11.6 Å². The quantitative estimate of drug-likeness (QED) is 0.622. The van der Waals surface area contributed by atoms with Crippen molar-refractivity contribution < 1.29 is 9.90 Å². The maximum Gasteiger partial charge on any atom is 0.221 e. The van der Waals surface area contributed by atoms with E-state index in [-0.39, 0.29) is 17.7 Å². The minimum atomic E-state index is -0.232. The number of para-hydroxylation sites is 1. The van der Waals surface area contributed by atoms with E-state index in [9.17, 15) is 9.90 Å². The maximum absolute atomic E-state index is 10.9. The van der Waals surface area contributed by atoms with Crippen LogP contribution in [0.15, 0.2) is 18.2 Å². The van der Waals surface area contributed by atoms with Crippen LogP contribution in [0, 0.1) is 0 Å². The van der Waals surface area contributed by atoms with Crippen LogP contribution in [0.25, 0.3) is 0 Å². The number of phenols is 1. The van der Waals surface area contributed by atoms with Gasteiger partial charge >= 0.3 is 0 Å². The number of aromatic hydroxyl groups is 1. The summed E-state index contributed by atoms with van der Waals surface area (Å²) in [5.41, 5.74) is 6.82. The van der Waals surface area contributed by atoms with Gasteiger partial charge in [-0.1, -0.05) is 12.1 Å². The summed E-state index contributed by atoms with van der Waals surface area (Å²) in [6.07, 6.45) is 0. The first-order chi connectivity index (χ1) is 6.52. The Morgan fingerprint density at radius 2 is 2.21 bits per heavy atom. The van der Waals surface area contributed by atoms with Gasteiger partial charge in [-0.3, -0.25) is 4.79 Å². The van der Waals surface area contributed by atoms with Crippen LogP contribution in [0.2, 0.25) is 0 Å². The number of benzene rings is 1. The average molecular weight is 194 g/mol. The third-order valence-corrected chi connectivity index (χ3v) is 1.87. The van der Waals surface area contributed by atoms with E-state index in [1.165, 1.54) is 13.0 Å². The number of nitrogens with one attached hydrogen (secondary N) is 1. The average Bonchev–Trinajstić information content (AvgIpc) is 2.07. The van der Waals surface area contributed by atoms with Crippen molar-refractivity contribution in [3.05, 3.63) is 23.8 Å². The SMILES string of the molecule is CC(=O)Nc1c(O)cccc1C(C)N. The molecule has 0 bridgehead atoms. The number of nitrogens with two attached hydrogens (primary N) is 1. The summed E-state index contributed by atoms with van der Waals surface area (Å²) in [5, 5.41) is 12.1. The highest BCUT2D eigenvalue weighted by Gasteiger charge is 2.11. The van der Waals surface area contributed by atoms with Gasteiger partial charge in [0.25, 0.3) is 0 Å². The van der Waals surface area contributed by atoms with Crippen LogP contribution in [0.5, 0.6) is 5.75 Å². The molecule has 1 amide bonds. The van der Waals surface area contributed by atoms with Crippen molar-refractivity contribution in [2.45, 2.75) is 19.9 Å². The Hall–Kier alpha value is -1.55. The molecule has 0 aromatic heterocycles. The van der Waals surface area contributed by atoms with Crippen LogP contribution < -0.4 is 11.1 Å². The monoisotopic (exact) mass is 194 g/mol. The van der Waals surface area contributed by atoms with E-state index >= 15 is 0 Å². The Labute approximate surface area is 82.7 Å². The predicted molar refractivity (Wildman–Crippen MR) is 55.0 cm³/mol. The van der Waals surface area contributed by atoms with E-state index in [0.717, 1.165) is 5.56 Å². The van der Waals surface area contributed by atoms with Crippen molar-refractivity contribution in [3.63, 3.8) is 0 Å². The minimum Gasteiger partial charge on any atom is -0.506 e. The second-order valence-electron chi connectivity index (χ2n) is 3.21. The molecule has 4 nitrogen and oxygen atoms in total. The van der Waals surface area contributed by atoms with Crippen molar-refractivity contribution in [1.82, 2.24) is 0 Å². The Bertz CT molecular complexity index is 348. The molecule has 4 heteroatoms. The van der Waals surface area contributed by atoms with Crippen LogP contribution >= 0.6 is 0 Å². The highest BCUT2D eigenvalue weighted by Crippen LogP contribution is 2.30. The van der Waals surface area contributed by atoms with Crippen molar-refractivity contribution in [2.75, 3.05) is 5.32 Å². The number of carbonyl (C=O) groups is 1. The van der Waals surface area contributed by atoms with Gasteiger partial charge in [0.15, 0.2) is 0 Å². The molecular formula is C10H14N2O2. The molecule has 76 valence electrons. The molecule has 0 radical (unpaired) electrons. The molecule has 0 saturated heterocycles. The fourth-order valence-electron chi connectivity index (χ4n) is 1.25. The zero-order valence-electron chi connectivity index (χ0n) is 8.24. The normalized spacial score (nSPS) is 12.2. The maximum atomic E-state index is 10.9. The zero-order valence-corrected chi connectivity index (χ0v) is 8.24. The Morgan fingerprint density at radius 1 is 1.57 bits per heavy atom. The fourth-order valence-corrected chi connectivity index (χ4v) is 1.25. The van der Waals surface area contributed by atoms with Crippen LogP contribution in [0.3, 0.4) is 0 Å². The summed E-state index contributed by atoms with van der Waals surface area (Å²) in [6, 6.07) is 4.75. The van der Waals surface area contributed by atoms with Crippen molar-refractivity contribution in [3.8, 4) is 5.75 Å². The third kappa shape index (κ3) is 2.23. The first-order valence-electron chi connectivity index (χ1n) is 4.37. The lowest BCUT2D eigenvalue weighted by Crippen LogP contribution is -2.13. The smallest absolute Gasteiger partial charge is 0.221 e. The van der Waals surface area contributed by atoms with E-state index in [1.807, 2.05) is 0 Å². The molecule has 0 aliphatic rings. The van der Waals surface area contributed by atoms with Crippen LogP contribution in [0.4, 0.5) is 5.69 Å². The van der Waals surface area contributed by atoms with E-state index < -0.39 is 0 Å². The summed E-state index contributed by atoms with van der Waals surface area (Å²) in [6.45, 7) is 3.18. The molecule has 1 rings (SSSR count). The fraction of sp³-hybridized carbons (Fsp3) is 0.300. The molecule has 0 aliphatic carbocycles. The van der Waals surface area contributed by atoms with E-state index in [1.54, 1.807) is 19.1 Å². The highest BCUT2D eigenvalue weighted by molar-refractivity contribution is 5.91. The van der Waals surface area contributed by atoms with Gasteiger partial charge in [-0.05, 0) is 18.6 Å². The highest BCUT2D eigenvalue weighted by atomic mass is 16.3. The standard InChI is InChI=1S/C10H14N2O2/c1-6(11)8-4-3-5-9(14)10(8)12-7(2)13/h3-6,14H,11H2,1-2H3,(H,12,13). The number of amides is 1. The van der Waals surface area contributed by atoms with Gasteiger partial charge in [0.2, 0.25) is 5.91 Å². The van der Waals surface area contributed by atoms with Gasteiger partial charge in [-0.2, -0.15) is 0 Å². The first kappa shape index (κ1) is 10.5. The second kappa shape index (κ2) is 4.11. The number of hydrogen-bond donors (Lipinski definition) is 3. The Morgan fingerprint density at radius 3 is 2.71 bits per heavy atom. The minimum absolute atomic E-state index is 0.0370. The molecule has 0 heterocycles. The summed E-state index contributed by atoms with van der Waals surface area (Å²) >= 11 is 0. The van der Waals surface area contributed by atoms with Crippen molar-refractivity contribution in [1.29, 1.82) is 0 Å². The number of anilines is 1. The lowest BCUT2D eigenvalue weighted by atomic mass is 10.1. The third-order valence-electron chi connectivity index (χ3n) is 1.87. The van der Waals surface area contributed by atoms with Crippen LogP contribution in [-0.4, -0.2) is 11.0 Å². The molecule has 1 atom stereocenters. The van der Waals surface area contributed by atoms with Gasteiger partial charge in [-0.25, -0.2) is 0 Å². The lowest BCUT2D eigenvalue weighted by molar-refractivity contribution is -0.114. The molecule has 4 N–H and O–H groups in total. The molecule has 0 fully saturated rings. The molecule has 1 unspecified atom stereocenters. The number of rotatable bonds is 2. The zero-order chi connectivity index (χ0) is 10.7. The van der Waals surface area contributed by atoms with E-state index in [4.69, 9.17) is 5.73 Å². The largest absolute Gasteiger partial charge is 0.506 e. The van der Waals surface area contributed by atoms with Crippen LogP contribution in [0.1, 0.15) is 25.5 Å². The molecule has 1 aromatic carbocycles. The molecule has 1 aromatic rings. The molecule has 14 heavy (non-hydrogen) atoms. The number of hydrogen-bond acceptors (Lipinski definition) is 3. The number of carbonyl (C=O) groups excluding carboxylic acids is 1. The van der Waals surface area contributed by atoms with Gasteiger partial charge in [-0.15, -0.1) is 0 Å². The molecular weight excluding hydrogens is 180 g/mol. The predicted octanol–water partition coefficient (Wildman–Crippen LogP) is 1.37. The van der Waals surface area contributed by atoms with Gasteiger partial charge in [0.1, 0.15) is 5.75 Å².